The van der Waals surface area contributed by atoms with Crippen molar-refractivity contribution in [1.29, 1.82) is 0 Å². The molecule has 4 rings (SSSR count). The van der Waals surface area contributed by atoms with Gasteiger partial charge in [0.15, 0.2) is 11.9 Å². The van der Waals surface area contributed by atoms with Crippen LogP contribution in [0.1, 0.15) is 16.7 Å². The van der Waals surface area contributed by atoms with E-state index in [1.54, 1.807) is 0 Å². The smallest absolute Gasteiger partial charge is 0.216 e. The first-order valence-electron chi connectivity index (χ1n) is 8.31. The summed E-state index contributed by atoms with van der Waals surface area (Å²) in [5.74, 6) is 0. The maximum Gasteiger partial charge on any atom is 0.216 e. The van der Waals surface area contributed by atoms with E-state index in [0.717, 1.165) is 38.8 Å². The molecule has 0 fully saturated rings. The average molecular weight is 327 g/mol. The Labute approximate surface area is 147 Å². The number of rotatable bonds is 1. The normalized spacial score (nSPS) is 11.2. The Morgan fingerprint density at radius 1 is 0.960 bits per heavy atom. The van der Waals surface area contributed by atoms with Gasteiger partial charge < -0.3 is 4.42 Å². The maximum atomic E-state index is 7.34. The molecule has 0 aliphatic heterocycles. The molecular formula is C22H19N2O+. The first-order valence-corrected chi connectivity index (χ1v) is 8.31. The second kappa shape index (κ2) is 5.46. The molecule has 0 spiro atoms. The van der Waals surface area contributed by atoms with E-state index in [-0.39, 0.29) is 0 Å². The zero-order valence-electron chi connectivity index (χ0n) is 14.8. The molecular weight excluding hydrogens is 308 g/mol. The van der Waals surface area contributed by atoms with Gasteiger partial charge in [0.05, 0.1) is 12.1 Å². The van der Waals surface area contributed by atoms with Gasteiger partial charge in [-0.05, 0) is 37.5 Å². The summed E-state index contributed by atoms with van der Waals surface area (Å²) in [6.45, 7) is 13.5. The highest BCUT2D eigenvalue weighted by molar-refractivity contribution is 6.11. The van der Waals surface area contributed by atoms with Crippen molar-refractivity contribution in [3.63, 3.8) is 0 Å². The molecule has 25 heavy (non-hydrogen) atoms. The maximum absolute atomic E-state index is 7.34. The Morgan fingerprint density at radius 3 is 2.44 bits per heavy atom. The summed E-state index contributed by atoms with van der Waals surface area (Å²) in [7, 11) is 2.05. The number of nitrogens with zero attached hydrogens (tertiary/aromatic N) is 2. The number of pyridine rings is 1. The van der Waals surface area contributed by atoms with Crippen LogP contribution in [0.5, 0.6) is 0 Å². The van der Waals surface area contributed by atoms with Crippen molar-refractivity contribution < 1.29 is 8.98 Å². The molecule has 0 atom stereocenters. The van der Waals surface area contributed by atoms with Gasteiger partial charge in [-0.25, -0.2) is 9.41 Å². The number of benzene rings is 2. The molecule has 3 heteroatoms. The predicted molar refractivity (Wildman–Crippen MR) is 101 cm³/mol. The molecule has 122 valence electrons. The van der Waals surface area contributed by atoms with Crippen molar-refractivity contribution in [2.24, 2.45) is 7.05 Å². The Morgan fingerprint density at radius 2 is 1.68 bits per heavy atom. The summed E-state index contributed by atoms with van der Waals surface area (Å²) in [6, 6.07) is 12.4. The molecule has 2 aromatic heterocycles. The van der Waals surface area contributed by atoms with E-state index in [1.165, 1.54) is 11.1 Å². The van der Waals surface area contributed by atoms with E-state index in [0.29, 0.717) is 5.69 Å². The van der Waals surface area contributed by atoms with E-state index < -0.39 is 0 Å². The number of hydrogen-bond donors (Lipinski definition) is 0. The molecule has 3 nitrogen and oxygen atoms in total. The van der Waals surface area contributed by atoms with Gasteiger partial charge in [-0.15, -0.1) is 0 Å². The van der Waals surface area contributed by atoms with Gasteiger partial charge in [-0.1, -0.05) is 24.3 Å². The van der Waals surface area contributed by atoms with Gasteiger partial charge >= 0.3 is 0 Å². The highest BCUT2D eigenvalue weighted by atomic mass is 16.3. The van der Waals surface area contributed by atoms with Crippen molar-refractivity contribution in [3.8, 4) is 11.3 Å². The van der Waals surface area contributed by atoms with E-state index in [9.17, 15) is 0 Å². The minimum absolute atomic E-state index is 0.644. The minimum atomic E-state index is 0.644. The Kier molecular flexibility index (Phi) is 3.36. The lowest BCUT2D eigenvalue weighted by Gasteiger charge is -2.06. The van der Waals surface area contributed by atoms with Crippen LogP contribution in [0.3, 0.4) is 0 Å². The third kappa shape index (κ3) is 2.22. The largest absolute Gasteiger partial charge is 0.456 e. The van der Waals surface area contributed by atoms with Gasteiger partial charge in [0.2, 0.25) is 5.69 Å². The second-order valence-electron chi connectivity index (χ2n) is 6.63. The fraction of sp³-hybridized carbons (Fsp3) is 0.182. The fourth-order valence-electron chi connectivity index (χ4n) is 3.49. The molecule has 2 heterocycles. The second-order valence-corrected chi connectivity index (χ2v) is 6.63. The Balaban J connectivity index is 2.17. The quantitative estimate of drug-likeness (QED) is 0.331. The van der Waals surface area contributed by atoms with Crippen molar-refractivity contribution in [1.82, 2.24) is 0 Å². The summed E-state index contributed by atoms with van der Waals surface area (Å²) in [4.78, 5) is 3.60. The molecule has 0 radical (unpaired) electrons. The first kappa shape index (κ1) is 15.4. The molecule has 0 aliphatic rings. The van der Waals surface area contributed by atoms with E-state index in [1.807, 2.05) is 19.1 Å². The van der Waals surface area contributed by atoms with Crippen molar-refractivity contribution in [2.75, 3.05) is 0 Å². The molecule has 4 aromatic rings. The number of furan rings is 1. The fourth-order valence-corrected chi connectivity index (χ4v) is 3.49. The summed E-state index contributed by atoms with van der Waals surface area (Å²) in [5.41, 5.74) is 7.88. The standard InChI is InChI=1S/C22H19N2O/c1-13-10-11-24(5)19(12-13)20-14(2)6-7-17-16-8-9-18(23-4)15(3)21(16)25-22(17)20/h6-12H,1-3,5H3/q+1. The third-order valence-electron chi connectivity index (χ3n) is 4.92. The highest BCUT2D eigenvalue weighted by Gasteiger charge is 2.21. The number of aryl methyl sites for hydroxylation is 4. The molecule has 0 N–H and O–H groups in total. The van der Waals surface area contributed by atoms with Crippen molar-refractivity contribution >= 4 is 27.6 Å². The van der Waals surface area contributed by atoms with Crippen LogP contribution in [0.25, 0.3) is 38.0 Å². The molecule has 0 aliphatic carbocycles. The van der Waals surface area contributed by atoms with E-state index in [4.69, 9.17) is 11.0 Å². The average Bonchev–Trinajstić information content (AvgIpc) is 2.97. The van der Waals surface area contributed by atoms with Crippen LogP contribution in [0.15, 0.2) is 47.0 Å². The lowest BCUT2D eigenvalue weighted by molar-refractivity contribution is -0.660. The SMILES string of the molecule is [C-]#[N+]c1ccc2c(oc3c(-c4cc(C)cc[n+]4C)c(C)ccc32)c1C. The van der Waals surface area contributed by atoms with Crippen LogP contribution < -0.4 is 4.57 Å². The summed E-state index contributed by atoms with van der Waals surface area (Å²) >= 11 is 0. The summed E-state index contributed by atoms with van der Waals surface area (Å²) < 4.78 is 8.45. The number of aromatic nitrogens is 1. The molecule has 0 amide bonds. The van der Waals surface area contributed by atoms with Gasteiger partial charge in [0.1, 0.15) is 18.2 Å². The monoisotopic (exact) mass is 327 g/mol. The van der Waals surface area contributed by atoms with E-state index >= 15 is 0 Å². The lowest BCUT2D eigenvalue weighted by Crippen LogP contribution is -2.30. The van der Waals surface area contributed by atoms with E-state index in [2.05, 4.69) is 60.8 Å². The number of fused-ring (bicyclic) bond motifs is 3. The van der Waals surface area contributed by atoms with Crippen LogP contribution in [0.4, 0.5) is 5.69 Å². The van der Waals surface area contributed by atoms with Gasteiger partial charge in [0, 0.05) is 22.9 Å². The molecule has 0 unspecified atom stereocenters. The van der Waals surface area contributed by atoms with Crippen LogP contribution in [0, 0.1) is 27.3 Å². The van der Waals surface area contributed by atoms with Crippen LogP contribution in [-0.2, 0) is 7.05 Å². The van der Waals surface area contributed by atoms with Crippen LogP contribution in [-0.4, -0.2) is 0 Å². The lowest BCUT2D eigenvalue weighted by atomic mass is 9.99. The zero-order chi connectivity index (χ0) is 17.7. The van der Waals surface area contributed by atoms with Crippen molar-refractivity contribution in [3.05, 3.63) is 70.7 Å². The zero-order valence-corrected chi connectivity index (χ0v) is 14.8. The summed E-state index contributed by atoms with van der Waals surface area (Å²) in [5, 5.41) is 2.16. The highest BCUT2D eigenvalue weighted by Crippen LogP contribution is 2.40. The van der Waals surface area contributed by atoms with Gasteiger partial charge in [-0.2, -0.15) is 0 Å². The molecule has 2 aromatic carbocycles. The molecule has 0 saturated heterocycles. The third-order valence-corrected chi connectivity index (χ3v) is 4.92. The molecule has 0 bridgehead atoms. The Hall–Kier alpha value is -3.12. The minimum Gasteiger partial charge on any atom is -0.456 e. The Bertz CT molecular complexity index is 1190. The molecule has 0 saturated carbocycles. The van der Waals surface area contributed by atoms with Gasteiger partial charge in [0.25, 0.3) is 0 Å². The van der Waals surface area contributed by atoms with Crippen molar-refractivity contribution in [2.45, 2.75) is 20.8 Å². The summed E-state index contributed by atoms with van der Waals surface area (Å²) in [6.07, 6.45) is 2.08. The number of hydrogen-bond acceptors (Lipinski definition) is 1. The first-order chi connectivity index (χ1) is 12.0. The van der Waals surface area contributed by atoms with Crippen LogP contribution in [0.2, 0.25) is 0 Å². The predicted octanol–water partition coefficient (Wildman–Crippen LogP) is 5.55. The topological polar surface area (TPSA) is 21.4 Å². The van der Waals surface area contributed by atoms with Crippen LogP contribution >= 0.6 is 0 Å². The van der Waals surface area contributed by atoms with Gasteiger partial charge in [-0.3, -0.25) is 0 Å².